The van der Waals surface area contributed by atoms with Crippen LogP contribution in [0.5, 0.6) is 0 Å². The molecule has 134 valence electrons. The molecule has 0 aromatic rings. The van der Waals surface area contributed by atoms with E-state index < -0.39 is 5.97 Å². The Balaban J connectivity index is 1.79. The summed E-state index contributed by atoms with van der Waals surface area (Å²) >= 11 is 0. The van der Waals surface area contributed by atoms with Crippen LogP contribution in [-0.2, 0) is 14.3 Å². The third-order valence-electron chi connectivity index (χ3n) is 4.40. The number of carbonyl (C=O) groups is 2. The molecule has 5 nitrogen and oxygen atoms in total. The molecule has 0 radical (unpaired) electrons. The maximum atomic E-state index is 11.9. The van der Waals surface area contributed by atoms with Gasteiger partial charge in [0.25, 0.3) is 0 Å². The molecule has 0 spiro atoms. The normalized spacial score (nSPS) is 14.9. The van der Waals surface area contributed by atoms with E-state index >= 15 is 0 Å². The summed E-state index contributed by atoms with van der Waals surface area (Å²) in [7, 11) is 0. The molecular weight excluding hydrogens is 294 g/mol. The second-order valence-corrected chi connectivity index (χ2v) is 6.42. The maximum absolute atomic E-state index is 11.9. The van der Waals surface area contributed by atoms with Crippen LogP contribution < -0.4 is 0 Å². The molecule has 1 rings (SSSR count). The molecule has 1 amide bonds. The van der Waals surface area contributed by atoms with Gasteiger partial charge in [-0.05, 0) is 12.8 Å². The van der Waals surface area contributed by atoms with E-state index in [-0.39, 0.29) is 5.91 Å². The summed E-state index contributed by atoms with van der Waals surface area (Å²) < 4.78 is 5.25. The van der Waals surface area contributed by atoms with Crippen molar-refractivity contribution in [3.63, 3.8) is 0 Å². The van der Waals surface area contributed by atoms with Crippen molar-refractivity contribution in [2.75, 3.05) is 26.3 Å². The molecule has 0 aromatic carbocycles. The van der Waals surface area contributed by atoms with Gasteiger partial charge in [0.1, 0.15) is 0 Å². The highest BCUT2D eigenvalue weighted by Crippen LogP contribution is 2.12. The fraction of sp³-hybridized carbons (Fsp3) is 0.889. The Morgan fingerprint density at radius 2 is 1.17 bits per heavy atom. The molecule has 23 heavy (non-hydrogen) atoms. The Bertz CT molecular complexity index is 327. The Labute approximate surface area is 140 Å². The molecule has 1 aliphatic rings. The summed E-state index contributed by atoms with van der Waals surface area (Å²) in [5, 5.41) is 8.54. The molecule has 5 heteroatoms. The first-order chi connectivity index (χ1) is 11.2. The van der Waals surface area contributed by atoms with E-state index in [4.69, 9.17) is 9.84 Å². The molecule has 1 heterocycles. The molecule has 0 aliphatic carbocycles. The Morgan fingerprint density at radius 3 is 1.65 bits per heavy atom. The van der Waals surface area contributed by atoms with Crippen LogP contribution in [0.2, 0.25) is 0 Å². The minimum Gasteiger partial charge on any atom is -0.481 e. The predicted molar refractivity (Wildman–Crippen MR) is 90.4 cm³/mol. The van der Waals surface area contributed by atoms with Crippen LogP contribution in [0.3, 0.4) is 0 Å². The van der Waals surface area contributed by atoms with Crippen molar-refractivity contribution in [1.82, 2.24) is 4.90 Å². The number of amides is 1. The van der Waals surface area contributed by atoms with E-state index in [1.807, 2.05) is 4.90 Å². The summed E-state index contributed by atoms with van der Waals surface area (Å²) in [5.41, 5.74) is 0. The first-order valence-electron chi connectivity index (χ1n) is 9.27. The van der Waals surface area contributed by atoms with E-state index in [2.05, 4.69) is 0 Å². The zero-order chi connectivity index (χ0) is 16.8. The number of morpholine rings is 1. The first-order valence-corrected chi connectivity index (χ1v) is 9.27. The van der Waals surface area contributed by atoms with Crippen LogP contribution >= 0.6 is 0 Å². The van der Waals surface area contributed by atoms with Crippen molar-refractivity contribution in [3.05, 3.63) is 0 Å². The number of aliphatic carboxylic acids is 1. The number of rotatable bonds is 13. The van der Waals surface area contributed by atoms with Gasteiger partial charge >= 0.3 is 5.97 Å². The molecule has 1 aliphatic heterocycles. The molecule has 0 saturated carbocycles. The Hall–Kier alpha value is -1.10. The highest BCUT2D eigenvalue weighted by molar-refractivity contribution is 5.76. The van der Waals surface area contributed by atoms with Crippen molar-refractivity contribution >= 4 is 11.9 Å². The fourth-order valence-corrected chi connectivity index (χ4v) is 2.94. The summed E-state index contributed by atoms with van der Waals surface area (Å²) in [6.07, 6.45) is 12.3. The number of carboxylic acids is 1. The van der Waals surface area contributed by atoms with E-state index in [9.17, 15) is 9.59 Å². The SMILES string of the molecule is O=C(O)CCCCCCCCCCCCC(=O)N1CCOCC1. The summed E-state index contributed by atoms with van der Waals surface area (Å²) in [5.74, 6) is -0.397. The van der Waals surface area contributed by atoms with Crippen LogP contribution in [0.25, 0.3) is 0 Å². The zero-order valence-corrected chi connectivity index (χ0v) is 14.4. The first kappa shape index (κ1) is 19.9. The van der Waals surface area contributed by atoms with Gasteiger partial charge < -0.3 is 14.7 Å². The van der Waals surface area contributed by atoms with E-state index in [1.165, 1.54) is 32.1 Å². The molecule has 0 bridgehead atoms. The fourth-order valence-electron chi connectivity index (χ4n) is 2.94. The van der Waals surface area contributed by atoms with Gasteiger partial charge in [-0.1, -0.05) is 51.4 Å². The lowest BCUT2D eigenvalue weighted by Crippen LogP contribution is -2.40. The maximum Gasteiger partial charge on any atom is 0.303 e. The number of carboxylic acid groups (broad SMARTS) is 1. The van der Waals surface area contributed by atoms with Gasteiger partial charge in [0.05, 0.1) is 13.2 Å². The second kappa shape index (κ2) is 13.3. The van der Waals surface area contributed by atoms with Gasteiger partial charge in [0, 0.05) is 25.9 Å². The molecule has 0 unspecified atom stereocenters. The highest BCUT2D eigenvalue weighted by atomic mass is 16.5. The molecule has 1 fully saturated rings. The van der Waals surface area contributed by atoms with Crippen molar-refractivity contribution in [1.29, 1.82) is 0 Å². The molecule has 0 atom stereocenters. The molecule has 0 aromatic heterocycles. The number of ether oxygens (including phenoxy) is 1. The quantitative estimate of drug-likeness (QED) is 0.525. The van der Waals surface area contributed by atoms with Crippen molar-refractivity contribution in [2.24, 2.45) is 0 Å². The van der Waals surface area contributed by atoms with Crippen molar-refractivity contribution in [3.8, 4) is 0 Å². The monoisotopic (exact) mass is 327 g/mol. The minimum absolute atomic E-state index is 0.287. The second-order valence-electron chi connectivity index (χ2n) is 6.42. The average Bonchev–Trinajstić information content (AvgIpc) is 2.56. The standard InChI is InChI=1S/C18H33NO4/c20-17(19-13-15-23-16-14-19)11-9-7-5-3-1-2-4-6-8-10-12-18(21)22/h1-16H2,(H,21,22). The van der Waals surface area contributed by atoms with Gasteiger partial charge in [0.2, 0.25) is 5.91 Å². The lowest BCUT2D eigenvalue weighted by Gasteiger charge is -2.26. The van der Waals surface area contributed by atoms with Gasteiger partial charge in [-0.3, -0.25) is 9.59 Å². The van der Waals surface area contributed by atoms with Crippen LogP contribution in [0, 0.1) is 0 Å². The number of hydrogen-bond acceptors (Lipinski definition) is 3. The largest absolute Gasteiger partial charge is 0.481 e. The Morgan fingerprint density at radius 1 is 0.739 bits per heavy atom. The Kier molecular flexibility index (Phi) is 11.6. The average molecular weight is 327 g/mol. The van der Waals surface area contributed by atoms with Crippen molar-refractivity contribution < 1.29 is 19.4 Å². The smallest absolute Gasteiger partial charge is 0.303 e. The van der Waals surface area contributed by atoms with Gasteiger partial charge in [-0.2, -0.15) is 0 Å². The third-order valence-corrected chi connectivity index (χ3v) is 4.40. The van der Waals surface area contributed by atoms with Crippen LogP contribution in [0.4, 0.5) is 0 Å². The number of unbranched alkanes of at least 4 members (excludes halogenated alkanes) is 9. The van der Waals surface area contributed by atoms with Crippen LogP contribution in [-0.4, -0.2) is 48.2 Å². The zero-order valence-electron chi connectivity index (χ0n) is 14.4. The molecule has 1 saturated heterocycles. The van der Waals surface area contributed by atoms with Gasteiger partial charge in [-0.15, -0.1) is 0 Å². The van der Waals surface area contributed by atoms with Gasteiger partial charge in [-0.25, -0.2) is 0 Å². The summed E-state index contributed by atoms with van der Waals surface area (Å²) in [4.78, 5) is 24.2. The summed E-state index contributed by atoms with van der Waals surface area (Å²) in [6.45, 7) is 2.88. The molecule has 1 N–H and O–H groups in total. The number of nitrogens with zero attached hydrogens (tertiary/aromatic N) is 1. The topological polar surface area (TPSA) is 66.8 Å². The summed E-state index contributed by atoms with van der Waals surface area (Å²) in [6, 6.07) is 0. The van der Waals surface area contributed by atoms with E-state index in [1.54, 1.807) is 0 Å². The number of hydrogen-bond donors (Lipinski definition) is 1. The predicted octanol–water partition coefficient (Wildman–Crippen LogP) is 3.61. The number of carbonyl (C=O) groups excluding carboxylic acids is 1. The van der Waals surface area contributed by atoms with E-state index in [0.29, 0.717) is 26.1 Å². The molecular formula is C18H33NO4. The minimum atomic E-state index is -0.683. The lowest BCUT2D eigenvalue weighted by molar-refractivity contribution is -0.137. The van der Waals surface area contributed by atoms with Crippen LogP contribution in [0.15, 0.2) is 0 Å². The van der Waals surface area contributed by atoms with Crippen molar-refractivity contribution in [2.45, 2.75) is 77.0 Å². The lowest BCUT2D eigenvalue weighted by atomic mass is 10.0. The van der Waals surface area contributed by atoms with Gasteiger partial charge in [0.15, 0.2) is 0 Å². The van der Waals surface area contributed by atoms with Crippen LogP contribution in [0.1, 0.15) is 77.0 Å². The highest BCUT2D eigenvalue weighted by Gasteiger charge is 2.15. The van der Waals surface area contributed by atoms with E-state index in [0.717, 1.165) is 45.2 Å². The third kappa shape index (κ3) is 11.1.